The average Bonchev–Trinajstić information content (AvgIpc) is 2.46. The van der Waals surface area contributed by atoms with Gasteiger partial charge >= 0.3 is 5.69 Å². The third kappa shape index (κ3) is 4.71. The van der Waals surface area contributed by atoms with E-state index in [2.05, 4.69) is 15.3 Å². The van der Waals surface area contributed by atoms with Crippen LogP contribution in [0.15, 0.2) is 29.3 Å². The lowest BCUT2D eigenvalue weighted by Gasteiger charge is -2.06. The van der Waals surface area contributed by atoms with Crippen LogP contribution in [0.4, 0.5) is 15.8 Å². The van der Waals surface area contributed by atoms with E-state index in [1.54, 1.807) is 13.0 Å². The van der Waals surface area contributed by atoms with Gasteiger partial charge in [0.1, 0.15) is 10.9 Å². The number of amides is 1. The molecule has 0 aliphatic carbocycles. The lowest BCUT2D eigenvalue weighted by Crippen LogP contribution is -2.14. The van der Waals surface area contributed by atoms with Gasteiger partial charge in [0, 0.05) is 17.4 Å². The molecule has 120 valence electrons. The maximum absolute atomic E-state index is 13.2. The molecular weight excluding hydrogens is 323 g/mol. The van der Waals surface area contributed by atoms with Crippen molar-refractivity contribution in [3.8, 4) is 0 Å². The maximum atomic E-state index is 13.2. The largest absolute Gasteiger partial charge is 0.325 e. The molecule has 7 nitrogen and oxygen atoms in total. The summed E-state index contributed by atoms with van der Waals surface area (Å²) in [6, 6.07) is 4.95. The van der Waals surface area contributed by atoms with Crippen LogP contribution in [-0.2, 0) is 4.79 Å². The highest BCUT2D eigenvalue weighted by Crippen LogP contribution is 2.22. The summed E-state index contributed by atoms with van der Waals surface area (Å²) in [6.07, 6.45) is 0. The number of aromatic nitrogens is 2. The molecule has 0 saturated carbocycles. The van der Waals surface area contributed by atoms with Crippen LogP contribution in [0.25, 0.3) is 0 Å². The molecule has 2 aromatic rings. The Hall–Kier alpha value is -2.55. The monoisotopic (exact) mass is 336 g/mol. The summed E-state index contributed by atoms with van der Waals surface area (Å²) in [5.74, 6) is -0.637. The molecule has 0 aliphatic heterocycles. The van der Waals surface area contributed by atoms with Crippen LogP contribution in [-0.4, -0.2) is 26.6 Å². The number of hydrogen-bond acceptors (Lipinski definition) is 6. The van der Waals surface area contributed by atoms with Crippen molar-refractivity contribution in [1.29, 1.82) is 0 Å². The molecule has 0 radical (unpaired) electrons. The number of carbonyl (C=O) groups is 1. The highest BCUT2D eigenvalue weighted by molar-refractivity contribution is 7.99. The van der Waals surface area contributed by atoms with E-state index in [1.165, 1.54) is 17.8 Å². The van der Waals surface area contributed by atoms with Crippen LogP contribution in [0.5, 0.6) is 0 Å². The van der Waals surface area contributed by atoms with Gasteiger partial charge < -0.3 is 5.32 Å². The molecule has 1 heterocycles. The molecule has 9 heteroatoms. The Bertz CT molecular complexity index is 749. The van der Waals surface area contributed by atoms with Crippen LogP contribution in [0.3, 0.4) is 0 Å². The Labute approximate surface area is 135 Å². The molecule has 1 aromatic heterocycles. The van der Waals surface area contributed by atoms with Crippen LogP contribution in [0, 0.1) is 29.8 Å². The normalized spacial score (nSPS) is 10.4. The first-order valence-corrected chi connectivity index (χ1v) is 7.52. The van der Waals surface area contributed by atoms with Gasteiger partial charge in [-0.15, -0.1) is 0 Å². The summed E-state index contributed by atoms with van der Waals surface area (Å²) in [6.45, 7) is 3.59. The molecule has 0 unspecified atom stereocenters. The van der Waals surface area contributed by atoms with Gasteiger partial charge in [-0.05, 0) is 32.0 Å². The van der Waals surface area contributed by atoms with Gasteiger partial charge in [0.25, 0.3) is 0 Å². The van der Waals surface area contributed by atoms with Crippen LogP contribution < -0.4 is 5.32 Å². The molecule has 0 aliphatic rings. The second-order valence-electron chi connectivity index (χ2n) is 4.65. The molecule has 0 atom stereocenters. The van der Waals surface area contributed by atoms with E-state index in [0.717, 1.165) is 17.8 Å². The second kappa shape index (κ2) is 7.14. The summed E-state index contributed by atoms with van der Waals surface area (Å²) < 4.78 is 13.2. The predicted octanol–water partition coefficient (Wildman–Crippen LogP) is 2.87. The predicted molar refractivity (Wildman–Crippen MR) is 83.9 cm³/mol. The van der Waals surface area contributed by atoms with Crippen LogP contribution in [0.1, 0.15) is 11.5 Å². The first-order valence-electron chi connectivity index (χ1n) is 6.54. The van der Waals surface area contributed by atoms with Crippen molar-refractivity contribution < 1.29 is 14.1 Å². The van der Waals surface area contributed by atoms with Gasteiger partial charge in [-0.2, -0.15) is 4.39 Å². The van der Waals surface area contributed by atoms with Gasteiger partial charge in [-0.3, -0.25) is 14.9 Å². The summed E-state index contributed by atoms with van der Waals surface area (Å²) in [4.78, 5) is 30.0. The molecule has 0 fully saturated rings. The maximum Gasteiger partial charge on any atom is 0.306 e. The Balaban J connectivity index is 1.99. The number of nitrogens with zero attached hydrogens (tertiary/aromatic N) is 3. The second-order valence-corrected chi connectivity index (χ2v) is 5.65. The van der Waals surface area contributed by atoms with Crippen molar-refractivity contribution in [3.63, 3.8) is 0 Å². The van der Waals surface area contributed by atoms with E-state index in [-0.39, 0.29) is 17.3 Å². The number of anilines is 1. The number of benzene rings is 1. The number of thioether (sulfide) groups is 1. The fourth-order valence-corrected chi connectivity index (χ4v) is 2.63. The number of nitro benzene ring substituents is 1. The third-order valence-corrected chi connectivity index (χ3v) is 3.63. The minimum absolute atomic E-state index is 0.0705. The van der Waals surface area contributed by atoms with Crippen molar-refractivity contribution in [1.82, 2.24) is 9.97 Å². The molecular formula is C14H13FN4O3S. The molecule has 0 spiro atoms. The number of nitro groups is 1. The number of halogens is 1. The zero-order valence-corrected chi connectivity index (χ0v) is 13.2. The first kappa shape index (κ1) is 16.8. The molecule has 1 N–H and O–H groups in total. The van der Waals surface area contributed by atoms with Gasteiger partial charge in [0.15, 0.2) is 0 Å². The van der Waals surface area contributed by atoms with Crippen LogP contribution in [0.2, 0.25) is 0 Å². The third-order valence-electron chi connectivity index (χ3n) is 2.72. The van der Waals surface area contributed by atoms with Crippen molar-refractivity contribution in [2.75, 3.05) is 11.1 Å². The zero-order valence-electron chi connectivity index (χ0n) is 12.4. The highest BCUT2D eigenvalue weighted by Gasteiger charge is 2.15. The number of rotatable bonds is 5. The Morgan fingerprint density at radius 1 is 1.35 bits per heavy atom. The zero-order chi connectivity index (χ0) is 17.0. The van der Waals surface area contributed by atoms with Crippen molar-refractivity contribution in [3.05, 3.63) is 51.7 Å². The molecule has 0 bridgehead atoms. The number of carbonyl (C=O) groups excluding carboxylic acids is 1. The minimum atomic E-state index is -0.950. The van der Waals surface area contributed by atoms with E-state index in [1.807, 2.05) is 6.92 Å². The lowest BCUT2D eigenvalue weighted by molar-refractivity contribution is -0.387. The first-order chi connectivity index (χ1) is 10.8. The van der Waals surface area contributed by atoms with E-state index in [9.17, 15) is 19.3 Å². The summed E-state index contributed by atoms with van der Waals surface area (Å²) >= 11 is 1.22. The standard InChI is InChI=1S/C14H13FN4O3S/c1-8-5-14(17-9(2)16-8)23-7-13(20)18-10-3-4-11(15)12(6-10)19(21)22/h3-6H,7H2,1-2H3,(H,18,20). The van der Waals surface area contributed by atoms with Gasteiger partial charge in [0.2, 0.25) is 11.7 Å². The summed E-state index contributed by atoms with van der Waals surface area (Å²) in [5, 5.41) is 13.8. The van der Waals surface area contributed by atoms with Gasteiger partial charge in [0.05, 0.1) is 10.7 Å². The molecule has 1 amide bonds. The Kier molecular flexibility index (Phi) is 5.22. The minimum Gasteiger partial charge on any atom is -0.325 e. The van der Waals surface area contributed by atoms with Crippen molar-refractivity contribution in [2.45, 2.75) is 18.9 Å². The number of nitrogens with one attached hydrogen (secondary N) is 1. The van der Waals surface area contributed by atoms with E-state index in [4.69, 9.17) is 0 Å². The fourth-order valence-electron chi connectivity index (χ4n) is 1.82. The molecule has 0 saturated heterocycles. The highest BCUT2D eigenvalue weighted by atomic mass is 32.2. The average molecular weight is 336 g/mol. The quantitative estimate of drug-likeness (QED) is 0.390. The number of aryl methyl sites for hydroxylation is 2. The summed E-state index contributed by atoms with van der Waals surface area (Å²) in [5.41, 5.74) is 0.283. The van der Waals surface area contributed by atoms with E-state index >= 15 is 0 Å². The van der Waals surface area contributed by atoms with Gasteiger partial charge in [-0.25, -0.2) is 9.97 Å². The molecule has 1 aromatic carbocycles. The van der Waals surface area contributed by atoms with E-state index in [0.29, 0.717) is 10.9 Å². The SMILES string of the molecule is Cc1cc(SCC(=O)Nc2ccc(F)c([N+](=O)[O-])c2)nc(C)n1. The van der Waals surface area contributed by atoms with Crippen molar-refractivity contribution in [2.24, 2.45) is 0 Å². The number of hydrogen-bond donors (Lipinski definition) is 1. The molecule has 2 rings (SSSR count). The van der Waals surface area contributed by atoms with Crippen molar-refractivity contribution >= 4 is 29.0 Å². The summed E-state index contributed by atoms with van der Waals surface area (Å²) in [7, 11) is 0. The smallest absolute Gasteiger partial charge is 0.306 e. The van der Waals surface area contributed by atoms with Crippen LogP contribution >= 0.6 is 11.8 Å². The topological polar surface area (TPSA) is 98.0 Å². The van der Waals surface area contributed by atoms with Gasteiger partial charge in [-0.1, -0.05) is 11.8 Å². The lowest BCUT2D eigenvalue weighted by atomic mass is 10.2. The Morgan fingerprint density at radius 2 is 2.09 bits per heavy atom. The molecule has 23 heavy (non-hydrogen) atoms. The van der Waals surface area contributed by atoms with E-state index < -0.39 is 16.4 Å². The Morgan fingerprint density at radius 3 is 2.74 bits per heavy atom. The fraction of sp³-hybridized carbons (Fsp3) is 0.214.